The fourth-order valence-corrected chi connectivity index (χ4v) is 1.45. The van der Waals surface area contributed by atoms with Gasteiger partial charge in [0, 0.05) is 12.4 Å². The minimum atomic E-state index is 0.0770. The smallest absolute Gasteiger partial charge is 0.323 e. The summed E-state index contributed by atoms with van der Waals surface area (Å²) >= 11 is 0. The second-order valence-electron chi connectivity index (χ2n) is 3.61. The van der Waals surface area contributed by atoms with E-state index in [0.717, 1.165) is 0 Å². The molecule has 0 aliphatic rings. The Kier molecular flexibility index (Phi) is 2.81. The molecule has 19 heavy (non-hydrogen) atoms. The van der Waals surface area contributed by atoms with Crippen molar-refractivity contribution in [2.24, 2.45) is 0 Å². The maximum Gasteiger partial charge on any atom is 0.323 e. The minimum absolute atomic E-state index is 0.0770. The van der Waals surface area contributed by atoms with Gasteiger partial charge in [-0.3, -0.25) is 4.57 Å². The number of nitrogens with two attached hydrogens (primary N) is 1. The Labute approximate surface area is 107 Å². The van der Waals surface area contributed by atoms with Crippen LogP contribution in [0.25, 0.3) is 5.95 Å². The van der Waals surface area contributed by atoms with Crippen LogP contribution in [-0.4, -0.2) is 24.5 Å². The minimum Gasteiger partial charge on any atom is -0.466 e. The molecule has 8 heteroatoms. The standard InChI is InChI=1S/C11H10N6O2/c12-9-14-10(17-4-3-13-7-17)16-11(15-9)19-6-8-2-1-5-18-8/h1-5,7H,6H2,(H2,12,14,15,16). The molecule has 0 aliphatic carbocycles. The molecule has 3 aromatic rings. The van der Waals surface area contributed by atoms with Crippen molar-refractivity contribution < 1.29 is 9.15 Å². The molecule has 0 aromatic carbocycles. The van der Waals surface area contributed by atoms with Crippen molar-refractivity contribution in [2.75, 3.05) is 5.73 Å². The van der Waals surface area contributed by atoms with E-state index in [1.54, 1.807) is 41.7 Å². The van der Waals surface area contributed by atoms with Crippen LogP contribution in [-0.2, 0) is 6.61 Å². The summed E-state index contributed by atoms with van der Waals surface area (Å²) in [5.74, 6) is 1.09. The SMILES string of the molecule is Nc1nc(OCc2ccco2)nc(-n2ccnc2)n1. The van der Waals surface area contributed by atoms with Crippen LogP contribution in [0.4, 0.5) is 5.95 Å². The first-order chi connectivity index (χ1) is 9.31. The lowest BCUT2D eigenvalue weighted by Crippen LogP contribution is -2.08. The van der Waals surface area contributed by atoms with Crippen molar-refractivity contribution in [3.8, 4) is 12.0 Å². The van der Waals surface area contributed by atoms with Gasteiger partial charge < -0.3 is 14.9 Å². The lowest BCUT2D eigenvalue weighted by molar-refractivity contribution is 0.249. The van der Waals surface area contributed by atoms with Crippen LogP contribution in [0, 0.1) is 0 Å². The van der Waals surface area contributed by atoms with Gasteiger partial charge in [-0.2, -0.15) is 15.0 Å². The van der Waals surface area contributed by atoms with Crippen molar-refractivity contribution in [3.05, 3.63) is 42.9 Å². The van der Waals surface area contributed by atoms with Crippen molar-refractivity contribution in [3.63, 3.8) is 0 Å². The number of imidazole rings is 1. The van der Waals surface area contributed by atoms with Gasteiger partial charge in [-0.15, -0.1) is 0 Å². The molecule has 0 bridgehead atoms. The highest BCUT2D eigenvalue weighted by atomic mass is 16.5. The van der Waals surface area contributed by atoms with Gasteiger partial charge in [0.05, 0.1) is 6.26 Å². The maximum atomic E-state index is 5.62. The monoisotopic (exact) mass is 258 g/mol. The summed E-state index contributed by atoms with van der Waals surface area (Å²) < 4.78 is 12.2. The van der Waals surface area contributed by atoms with Crippen LogP contribution >= 0.6 is 0 Å². The van der Waals surface area contributed by atoms with Gasteiger partial charge in [-0.25, -0.2) is 4.98 Å². The van der Waals surface area contributed by atoms with E-state index >= 15 is 0 Å². The predicted octanol–water partition coefficient (Wildman–Crippen LogP) is 0.811. The number of aromatic nitrogens is 5. The number of furan rings is 1. The number of nitrogen functional groups attached to an aromatic ring is 1. The quantitative estimate of drug-likeness (QED) is 0.738. The molecule has 0 radical (unpaired) electrons. The molecule has 3 rings (SSSR count). The first-order valence-corrected chi connectivity index (χ1v) is 5.46. The average molecular weight is 258 g/mol. The van der Waals surface area contributed by atoms with Gasteiger partial charge >= 0.3 is 6.01 Å². The first-order valence-electron chi connectivity index (χ1n) is 5.46. The Morgan fingerprint density at radius 1 is 1.32 bits per heavy atom. The summed E-state index contributed by atoms with van der Waals surface area (Å²) in [6.45, 7) is 0.222. The number of rotatable bonds is 4. The molecule has 0 fully saturated rings. The van der Waals surface area contributed by atoms with E-state index < -0.39 is 0 Å². The van der Waals surface area contributed by atoms with Gasteiger partial charge in [-0.05, 0) is 12.1 Å². The zero-order valence-corrected chi connectivity index (χ0v) is 9.80. The Morgan fingerprint density at radius 2 is 2.26 bits per heavy atom. The number of hydrogen-bond donors (Lipinski definition) is 1. The highest BCUT2D eigenvalue weighted by molar-refractivity contribution is 5.25. The third-order valence-electron chi connectivity index (χ3n) is 2.28. The molecule has 8 nitrogen and oxygen atoms in total. The molecular formula is C11H10N6O2. The van der Waals surface area contributed by atoms with Crippen molar-refractivity contribution in [1.29, 1.82) is 0 Å². The second kappa shape index (κ2) is 4.77. The van der Waals surface area contributed by atoms with E-state index in [2.05, 4.69) is 19.9 Å². The summed E-state index contributed by atoms with van der Waals surface area (Å²) in [7, 11) is 0. The van der Waals surface area contributed by atoms with Gasteiger partial charge in [0.25, 0.3) is 0 Å². The molecule has 0 spiro atoms. The second-order valence-corrected chi connectivity index (χ2v) is 3.61. The molecule has 0 saturated heterocycles. The van der Waals surface area contributed by atoms with Crippen LogP contribution in [0.2, 0.25) is 0 Å². The fourth-order valence-electron chi connectivity index (χ4n) is 1.45. The molecule has 0 saturated carbocycles. The Hall–Kier alpha value is -2.90. The number of anilines is 1. The largest absolute Gasteiger partial charge is 0.466 e. The van der Waals surface area contributed by atoms with E-state index in [-0.39, 0.29) is 18.6 Å². The molecule has 3 heterocycles. The Bertz CT molecular complexity index is 650. The highest BCUT2D eigenvalue weighted by Crippen LogP contribution is 2.11. The lowest BCUT2D eigenvalue weighted by Gasteiger charge is -2.05. The zero-order chi connectivity index (χ0) is 13.1. The topological polar surface area (TPSA) is 105 Å². The van der Waals surface area contributed by atoms with E-state index in [9.17, 15) is 0 Å². The van der Waals surface area contributed by atoms with Gasteiger partial charge in [0.2, 0.25) is 11.9 Å². The predicted molar refractivity (Wildman–Crippen MR) is 64.4 cm³/mol. The van der Waals surface area contributed by atoms with Gasteiger partial charge in [0.1, 0.15) is 18.7 Å². The molecule has 2 N–H and O–H groups in total. The van der Waals surface area contributed by atoms with Crippen LogP contribution in [0.5, 0.6) is 6.01 Å². The molecule has 0 amide bonds. The molecule has 3 aromatic heterocycles. The van der Waals surface area contributed by atoms with E-state index in [4.69, 9.17) is 14.9 Å². The molecule has 0 unspecified atom stereocenters. The summed E-state index contributed by atoms with van der Waals surface area (Å²) in [6.07, 6.45) is 6.44. The van der Waals surface area contributed by atoms with E-state index in [0.29, 0.717) is 11.7 Å². The Morgan fingerprint density at radius 3 is 3.00 bits per heavy atom. The van der Waals surface area contributed by atoms with Crippen LogP contribution < -0.4 is 10.5 Å². The molecule has 0 aliphatic heterocycles. The third kappa shape index (κ3) is 2.51. The molecule has 0 atom stereocenters. The summed E-state index contributed by atoms with van der Waals surface area (Å²) in [6, 6.07) is 3.70. The lowest BCUT2D eigenvalue weighted by atomic mass is 10.5. The highest BCUT2D eigenvalue weighted by Gasteiger charge is 2.08. The van der Waals surface area contributed by atoms with Crippen molar-refractivity contribution >= 4 is 5.95 Å². The zero-order valence-electron chi connectivity index (χ0n) is 9.80. The van der Waals surface area contributed by atoms with E-state index in [1.807, 2.05) is 0 Å². The van der Waals surface area contributed by atoms with Gasteiger partial charge in [0.15, 0.2) is 0 Å². The van der Waals surface area contributed by atoms with Crippen LogP contribution in [0.3, 0.4) is 0 Å². The molecule has 96 valence electrons. The average Bonchev–Trinajstić information content (AvgIpc) is 3.09. The number of ether oxygens (including phenoxy) is 1. The number of nitrogens with zero attached hydrogens (tertiary/aromatic N) is 5. The fraction of sp³-hybridized carbons (Fsp3) is 0.0909. The first kappa shape index (κ1) is 11.2. The van der Waals surface area contributed by atoms with Crippen LogP contribution in [0.1, 0.15) is 5.76 Å². The van der Waals surface area contributed by atoms with Gasteiger partial charge in [-0.1, -0.05) is 0 Å². The number of hydrogen-bond acceptors (Lipinski definition) is 7. The van der Waals surface area contributed by atoms with Crippen molar-refractivity contribution in [1.82, 2.24) is 24.5 Å². The van der Waals surface area contributed by atoms with Crippen molar-refractivity contribution in [2.45, 2.75) is 6.61 Å². The normalized spacial score (nSPS) is 10.5. The third-order valence-corrected chi connectivity index (χ3v) is 2.28. The summed E-state index contributed by atoms with van der Waals surface area (Å²) in [4.78, 5) is 15.9. The maximum absolute atomic E-state index is 5.62. The van der Waals surface area contributed by atoms with E-state index in [1.165, 1.54) is 0 Å². The van der Waals surface area contributed by atoms with Crippen LogP contribution in [0.15, 0.2) is 41.5 Å². The molecular weight excluding hydrogens is 248 g/mol. The summed E-state index contributed by atoms with van der Waals surface area (Å²) in [5.41, 5.74) is 5.62. The Balaban J connectivity index is 1.82. The summed E-state index contributed by atoms with van der Waals surface area (Å²) in [5, 5.41) is 0.